The molecule has 4 aromatic rings. The van der Waals surface area contributed by atoms with Gasteiger partial charge in [-0.1, -0.05) is 72.8 Å². The van der Waals surface area contributed by atoms with Crippen LogP contribution < -0.4 is 20.7 Å². The minimum atomic E-state index is -1.82. The highest BCUT2D eigenvalue weighted by Gasteiger charge is 2.45. The van der Waals surface area contributed by atoms with Gasteiger partial charge in [0.15, 0.2) is 0 Å². The third-order valence-electron chi connectivity index (χ3n) is 5.03. The summed E-state index contributed by atoms with van der Waals surface area (Å²) in [6, 6.07) is 42.9. The zero-order chi connectivity index (χ0) is 19.1. The maximum absolute atomic E-state index is 6.15. The second-order valence-electron chi connectivity index (χ2n) is 6.70. The second-order valence-corrected chi connectivity index (χ2v) is 10.3. The Kier molecular flexibility index (Phi) is 5.85. The molecule has 28 heavy (non-hydrogen) atoms. The zero-order valence-electron chi connectivity index (χ0n) is 15.8. The molecule has 0 aromatic heterocycles. The third-order valence-corrected chi connectivity index (χ3v) is 9.42. The molecule has 1 nitrogen and oxygen atoms in total. The maximum Gasteiger partial charge on any atom is 0.123 e. The number of ether oxygens (including phenoxy) is 1. The summed E-state index contributed by atoms with van der Waals surface area (Å²) in [4.78, 5) is 0. The van der Waals surface area contributed by atoms with Gasteiger partial charge in [0.2, 0.25) is 0 Å². The predicted molar refractivity (Wildman–Crippen MR) is 122 cm³/mol. The summed E-state index contributed by atoms with van der Waals surface area (Å²) >= 11 is 0. The van der Waals surface area contributed by atoms with Crippen LogP contribution in [0.15, 0.2) is 121 Å². The first-order chi connectivity index (χ1) is 13.9. The largest absolute Gasteiger partial charge is 0.490 e. The van der Waals surface area contributed by atoms with Crippen LogP contribution in [-0.4, -0.2) is 12.8 Å². The smallest absolute Gasteiger partial charge is 0.123 e. The summed E-state index contributed by atoms with van der Waals surface area (Å²) in [6.45, 7) is 0.677. The van der Waals surface area contributed by atoms with Crippen LogP contribution in [0.2, 0.25) is 0 Å². The molecule has 4 rings (SSSR count). The first kappa shape index (κ1) is 18.5. The average Bonchev–Trinajstić information content (AvgIpc) is 2.79. The number of benzene rings is 4. The summed E-state index contributed by atoms with van der Waals surface area (Å²) in [5.41, 5.74) is 0. The van der Waals surface area contributed by atoms with E-state index in [0.717, 1.165) is 11.9 Å². The number of rotatable bonds is 7. The monoisotopic (exact) mass is 383 g/mol. The van der Waals surface area contributed by atoms with Crippen molar-refractivity contribution in [2.75, 3.05) is 12.8 Å². The fourth-order valence-electron chi connectivity index (χ4n) is 3.70. The van der Waals surface area contributed by atoms with Gasteiger partial charge in [0.1, 0.15) is 41.7 Å². The SMILES string of the molecule is c1ccc(OCC[P+](c2ccccc2)(c2ccccc2)c2ccccc2)cc1. The molecule has 0 aliphatic carbocycles. The Bertz CT molecular complexity index is 873. The van der Waals surface area contributed by atoms with Crippen LogP contribution in [0.5, 0.6) is 5.75 Å². The topological polar surface area (TPSA) is 9.23 Å². The molecule has 0 saturated heterocycles. The quantitative estimate of drug-likeness (QED) is 0.405. The van der Waals surface area contributed by atoms with Crippen LogP contribution in [-0.2, 0) is 0 Å². The third kappa shape index (κ3) is 3.86. The van der Waals surface area contributed by atoms with Crippen LogP contribution >= 0.6 is 7.26 Å². The van der Waals surface area contributed by atoms with Crippen molar-refractivity contribution in [3.8, 4) is 5.75 Å². The van der Waals surface area contributed by atoms with Gasteiger partial charge < -0.3 is 4.74 Å². The van der Waals surface area contributed by atoms with E-state index in [2.05, 4.69) is 91.0 Å². The molecule has 0 unspecified atom stereocenters. The van der Waals surface area contributed by atoms with Crippen LogP contribution in [0.3, 0.4) is 0 Å². The van der Waals surface area contributed by atoms with Gasteiger partial charge in [-0.05, 0) is 48.5 Å². The highest BCUT2D eigenvalue weighted by Crippen LogP contribution is 2.54. The van der Waals surface area contributed by atoms with Gasteiger partial charge in [-0.15, -0.1) is 0 Å². The van der Waals surface area contributed by atoms with E-state index in [9.17, 15) is 0 Å². The van der Waals surface area contributed by atoms with Gasteiger partial charge in [0, 0.05) is 0 Å². The lowest BCUT2D eigenvalue weighted by atomic mass is 10.3. The van der Waals surface area contributed by atoms with E-state index in [1.165, 1.54) is 15.9 Å². The zero-order valence-corrected chi connectivity index (χ0v) is 16.7. The summed E-state index contributed by atoms with van der Waals surface area (Å²) < 4.78 is 6.15. The first-order valence-electron chi connectivity index (χ1n) is 9.62. The Hall–Kier alpha value is -2.89. The molecule has 0 radical (unpaired) electrons. The van der Waals surface area contributed by atoms with E-state index in [1.54, 1.807) is 0 Å². The van der Waals surface area contributed by atoms with Crippen LogP contribution in [0.25, 0.3) is 0 Å². The normalized spacial score (nSPS) is 11.1. The molecule has 4 aromatic carbocycles. The summed E-state index contributed by atoms with van der Waals surface area (Å²) in [6.07, 6.45) is 0.958. The van der Waals surface area contributed by atoms with E-state index in [-0.39, 0.29) is 0 Å². The van der Waals surface area contributed by atoms with Gasteiger partial charge in [-0.2, -0.15) is 0 Å². The van der Waals surface area contributed by atoms with Crippen molar-refractivity contribution in [1.29, 1.82) is 0 Å². The molecule has 138 valence electrons. The van der Waals surface area contributed by atoms with Gasteiger partial charge in [0.05, 0.1) is 0 Å². The first-order valence-corrected chi connectivity index (χ1v) is 11.6. The van der Waals surface area contributed by atoms with Gasteiger partial charge in [-0.3, -0.25) is 0 Å². The predicted octanol–water partition coefficient (Wildman–Crippen LogP) is 5.06. The van der Waals surface area contributed by atoms with Crippen molar-refractivity contribution < 1.29 is 4.74 Å². The molecule has 0 bridgehead atoms. The van der Waals surface area contributed by atoms with Crippen LogP contribution in [0, 0.1) is 0 Å². The molecule has 0 spiro atoms. The summed E-state index contributed by atoms with van der Waals surface area (Å²) in [5.74, 6) is 0.926. The minimum Gasteiger partial charge on any atom is -0.490 e. The van der Waals surface area contributed by atoms with Crippen molar-refractivity contribution >= 4 is 23.2 Å². The molecule has 0 aliphatic rings. The molecule has 0 fully saturated rings. The molecule has 0 N–H and O–H groups in total. The molecule has 2 heteroatoms. The van der Waals surface area contributed by atoms with Crippen molar-refractivity contribution in [2.45, 2.75) is 0 Å². The van der Waals surface area contributed by atoms with E-state index in [1.807, 2.05) is 30.3 Å². The van der Waals surface area contributed by atoms with Gasteiger partial charge in [-0.25, -0.2) is 0 Å². The number of hydrogen-bond donors (Lipinski definition) is 0. The molecule has 0 aliphatic heterocycles. The van der Waals surface area contributed by atoms with Gasteiger partial charge in [0.25, 0.3) is 0 Å². The minimum absolute atomic E-state index is 0.677. The molecule has 0 heterocycles. The Labute approximate surface area is 168 Å². The summed E-state index contributed by atoms with van der Waals surface area (Å²) in [5, 5.41) is 4.18. The standard InChI is InChI=1S/C26H24OP/c1-5-13-23(14-6-1)27-21-22-28(24-15-7-2-8-16-24,25-17-9-3-10-18-25)26-19-11-4-12-20-26/h1-20H,21-22H2/q+1. The maximum atomic E-state index is 6.15. The van der Waals surface area contributed by atoms with Crippen molar-refractivity contribution in [3.63, 3.8) is 0 Å². The summed E-state index contributed by atoms with van der Waals surface area (Å²) in [7, 11) is -1.82. The fourth-order valence-corrected chi connectivity index (χ4v) is 7.78. The Morgan fingerprint density at radius 3 is 1.21 bits per heavy atom. The van der Waals surface area contributed by atoms with Crippen molar-refractivity contribution in [3.05, 3.63) is 121 Å². The average molecular weight is 383 g/mol. The van der Waals surface area contributed by atoms with Crippen LogP contribution in [0.4, 0.5) is 0 Å². The lowest BCUT2D eigenvalue weighted by Gasteiger charge is -2.27. The second kappa shape index (κ2) is 8.87. The van der Waals surface area contributed by atoms with E-state index in [4.69, 9.17) is 4.74 Å². The van der Waals surface area contributed by atoms with E-state index < -0.39 is 7.26 Å². The Morgan fingerprint density at radius 1 is 0.464 bits per heavy atom. The molecule has 0 amide bonds. The number of hydrogen-bond acceptors (Lipinski definition) is 1. The van der Waals surface area contributed by atoms with E-state index in [0.29, 0.717) is 6.61 Å². The fraction of sp³-hybridized carbons (Fsp3) is 0.0769. The lowest BCUT2D eigenvalue weighted by molar-refractivity contribution is 0.343. The van der Waals surface area contributed by atoms with Crippen molar-refractivity contribution in [2.24, 2.45) is 0 Å². The highest BCUT2D eigenvalue weighted by molar-refractivity contribution is 7.95. The molecular weight excluding hydrogens is 359 g/mol. The number of para-hydroxylation sites is 1. The van der Waals surface area contributed by atoms with Crippen molar-refractivity contribution in [1.82, 2.24) is 0 Å². The highest BCUT2D eigenvalue weighted by atomic mass is 31.2. The Balaban J connectivity index is 1.79. The Morgan fingerprint density at radius 2 is 0.821 bits per heavy atom. The molecule has 0 atom stereocenters. The lowest BCUT2D eigenvalue weighted by Crippen LogP contribution is -2.35. The molecule has 0 saturated carbocycles. The van der Waals surface area contributed by atoms with Gasteiger partial charge >= 0.3 is 0 Å². The molecular formula is C26H24OP+. The van der Waals surface area contributed by atoms with Crippen LogP contribution in [0.1, 0.15) is 0 Å². The van der Waals surface area contributed by atoms with E-state index >= 15 is 0 Å².